The van der Waals surface area contributed by atoms with E-state index in [0.717, 1.165) is 5.56 Å². The summed E-state index contributed by atoms with van der Waals surface area (Å²) in [5.74, 6) is -1.84. The van der Waals surface area contributed by atoms with E-state index in [1.165, 1.54) is 23.2 Å². The first-order valence-electron chi connectivity index (χ1n) is 7.39. The van der Waals surface area contributed by atoms with Gasteiger partial charge in [-0.3, -0.25) is 9.59 Å². The number of carboxylic acids is 1. The molecule has 0 bridgehead atoms. The Bertz CT molecular complexity index is 746. The summed E-state index contributed by atoms with van der Waals surface area (Å²) in [7, 11) is 0. The maximum Gasteiger partial charge on any atom is 0.308 e. The Morgan fingerprint density at radius 1 is 1.29 bits per heavy atom. The minimum Gasteiger partial charge on any atom is -0.481 e. The molecule has 2 heterocycles. The number of nitrogens with zero attached hydrogens (tertiary/aromatic N) is 2. The number of ether oxygens (including phenoxy) is 1. The third-order valence-electron chi connectivity index (χ3n) is 3.81. The molecule has 1 fully saturated rings. The summed E-state index contributed by atoms with van der Waals surface area (Å²) in [4.78, 5) is 28.4. The van der Waals surface area contributed by atoms with Crippen LogP contribution < -0.4 is 9.64 Å². The van der Waals surface area contributed by atoms with Crippen molar-refractivity contribution in [2.75, 3.05) is 11.4 Å². The van der Waals surface area contributed by atoms with Gasteiger partial charge in [0, 0.05) is 19.0 Å². The van der Waals surface area contributed by atoms with Crippen LogP contribution in [0, 0.1) is 11.7 Å². The summed E-state index contributed by atoms with van der Waals surface area (Å²) in [6, 6.07) is 9.23. The Morgan fingerprint density at radius 2 is 2.04 bits per heavy atom. The van der Waals surface area contributed by atoms with Crippen LogP contribution in [0.3, 0.4) is 0 Å². The van der Waals surface area contributed by atoms with Gasteiger partial charge in [0.15, 0.2) is 0 Å². The molecular weight excluding hydrogens is 315 g/mol. The Hall–Kier alpha value is -2.96. The molecule has 0 aliphatic carbocycles. The Labute approximate surface area is 137 Å². The van der Waals surface area contributed by atoms with Crippen LogP contribution in [0.25, 0.3) is 0 Å². The van der Waals surface area contributed by atoms with Crippen LogP contribution in [-0.4, -0.2) is 28.5 Å². The predicted molar refractivity (Wildman–Crippen MR) is 83.1 cm³/mol. The quantitative estimate of drug-likeness (QED) is 0.909. The molecule has 1 aromatic carbocycles. The summed E-state index contributed by atoms with van der Waals surface area (Å²) >= 11 is 0. The second-order valence-electron chi connectivity index (χ2n) is 5.51. The average molecular weight is 330 g/mol. The lowest BCUT2D eigenvalue weighted by molar-refractivity contribution is -0.141. The fraction of sp³-hybridized carbons (Fsp3) is 0.235. The smallest absolute Gasteiger partial charge is 0.308 e. The molecule has 1 aliphatic rings. The van der Waals surface area contributed by atoms with Crippen LogP contribution in [0.4, 0.5) is 10.1 Å². The van der Waals surface area contributed by atoms with E-state index in [9.17, 15) is 14.0 Å². The van der Waals surface area contributed by atoms with E-state index < -0.39 is 11.9 Å². The number of pyridine rings is 1. The number of rotatable bonds is 5. The number of carbonyl (C=O) groups is 2. The number of carboxylic acid groups (broad SMARTS) is 1. The van der Waals surface area contributed by atoms with Crippen molar-refractivity contribution < 1.29 is 23.8 Å². The first kappa shape index (κ1) is 15.9. The molecule has 1 atom stereocenters. The molecule has 1 amide bonds. The van der Waals surface area contributed by atoms with Gasteiger partial charge in [0.1, 0.15) is 12.4 Å². The van der Waals surface area contributed by atoms with Gasteiger partial charge >= 0.3 is 5.97 Å². The van der Waals surface area contributed by atoms with Gasteiger partial charge in [-0.05, 0) is 23.8 Å². The number of halogens is 1. The number of benzene rings is 1. The van der Waals surface area contributed by atoms with Gasteiger partial charge in [-0.1, -0.05) is 12.1 Å². The lowest BCUT2D eigenvalue weighted by atomic mass is 10.1. The van der Waals surface area contributed by atoms with Gasteiger partial charge in [0.05, 0.1) is 17.8 Å². The Morgan fingerprint density at radius 3 is 2.62 bits per heavy atom. The summed E-state index contributed by atoms with van der Waals surface area (Å²) in [6.07, 6.45) is 1.47. The summed E-state index contributed by atoms with van der Waals surface area (Å²) in [5, 5.41) is 9.00. The fourth-order valence-corrected chi connectivity index (χ4v) is 2.48. The van der Waals surface area contributed by atoms with E-state index in [1.807, 2.05) is 0 Å². The molecule has 0 saturated carbocycles. The number of amides is 1. The minimum absolute atomic E-state index is 0.00183. The highest BCUT2D eigenvalue weighted by atomic mass is 19.1. The van der Waals surface area contributed by atoms with Crippen LogP contribution in [0.5, 0.6) is 5.88 Å². The Balaban J connectivity index is 1.62. The van der Waals surface area contributed by atoms with E-state index in [0.29, 0.717) is 11.6 Å². The molecule has 0 radical (unpaired) electrons. The van der Waals surface area contributed by atoms with Gasteiger partial charge in [0.2, 0.25) is 11.8 Å². The third-order valence-corrected chi connectivity index (χ3v) is 3.81. The molecule has 1 aromatic heterocycles. The third kappa shape index (κ3) is 3.51. The minimum atomic E-state index is -0.974. The highest BCUT2D eigenvalue weighted by molar-refractivity contribution is 5.99. The molecule has 0 spiro atoms. The first-order chi connectivity index (χ1) is 11.5. The van der Waals surface area contributed by atoms with Gasteiger partial charge in [-0.25, -0.2) is 9.37 Å². The molecule has 7 heteroatoms. The van der Waals surface area contributed by atoms with Crippen LogP contribution in [0.1, 0.15) is 12.0 Å². The van der Waals surface area contributed by atoms with Crippen molar-refractivity contribution in [2.45, 2.75) is 13.0 Å². The highest BCUT2D eigenvalue weighted by Crippen LogP contribution is 2.25. The van der Waals surface area contributed by atoms with E-state index in [-0.39, 0.29) is 31.3 Å². The first-order valence-corrected chi connectivity index (χ1v) is 7.39. The van der Waals surface area contributed by atoms with Crippen molar-refractivity contribution in [3.05, 3.63) is 54.0 Å². The van der Waals surface area contributed by atoms with Crippen molar-refractivity contribution in [1.82, 2.24) is 4.98 Å². The van der Waals surface area contributed by atoms with E-state index in [4.69, 9.17) is 9.84 Å². The number of aromatic nitrogens is 1. The van der Waals surface area contributed by atoms with Crippen molar-refractivity contribution in [1.29, 1.82) is 0 Å². The molecule has 124 valence electrons. The number of aliphatic carboxylic acids is 1. The van der Waals surface area contributed by atoms with Gasteiger partial charge in [0.25, 0.3) is 0 Å². The number of carbonyl (C=O) groups excluding carboxylic acids is 1. The summed E-state index contributed by atoms with van der Waals surface area (Å²) in [5.41, 5.74) is 1.35. The molecule has 1 unspecified atom stereocenters. The highest BCUT2D eigenvalue weighted by Gasteiger charge is 2.35. The van der Waals surface area contributed by atoms with Gasteiger partial charge in [-0.2, -0.15) is 0 Å². The van der Waals surface area contributed by atoms with E-state index in [2.05, 4.69) is 4.98 Å². The van der Waals surface area contributed by atoms with Crippen molar-refractivity contribution >= 4 is 17.6 Å². The largest absolute Gasteiger partial charge is 0.481 e. The number of hydrogen-bond donors (Lipinski definition) is 1. The maximum absolute atomic E-state index is 12.8. The number of anilines is 1. The predicted octanol–water partition coefficient (Wildman–Crippen LogP) is 2.24. The zero-order valence-corrected chi connectivity index (χ0v) is 12.7. The molecule has 2 aromatic rings. The molecule has 1 N–H and O–H groups in total. The van der Waals surface area contributed by atoms with Crippen molar-refractivity contribution in [2.24, 2.45) is 5.92 Å². The fourth-order valence-electron chi connectivity index (χ4n) is 2.48. The van der Waals surface area contributed by atoms with E-state index >= 15 is 0 Å². The van der Waals surface area contributed by atoms with Crippen LogP contribution in [-0.2, 0) is 16.2 Å². The average Bonchev–Trinajstić information content (AvgIpc) is 2.97. The van der Waals surface area contributed by atoms with Crippen molar-refractivity contribution in [3.8, 4) is 5.88 Å². The molecule has 24 heavy (non-hydrogen) atoms. The van der Waals surface area contributed by atoms with Crippen LogP contribution in [0.2, 0.25) is 0 Å². The molecular formula is C17H15FN2O4. The summed E-state index contributed by atoms with van der Waals surface area (Å²) < 4.78 is 18.3. The molecule has 1 saturated heterocycles. The van der Waals surface area contributed by atoms with E-state index in [1.54, 1.807) is 24.3 Å². The molecule has 1 aliphatic heterocycles. The SMILES string of the molecule is O=C(O)C1CC(=O)N(c2ccc(OCc3ccc(F)cc3)nc2)C1. The zero-order valence-electron chi connectivity index (χ0n) is 12.7. The topological polar surface area (TPSA) is 79.7 Å². The monoisotopic (exact) mass is 330 g/mol. The van der Waals surface area contributed by atoms with Gasteiger partial charge < -0.3 is 14.7 Å². The van der Waals surface area contributed by atoms with Gasteiger partial charge in [-0.15, -0.1) is 0 Å². The lowest BCUT2D eigenvalue weighted by Gasteiger charge is -2.16. The standard InChI is InChI=1S/C17H15FN2O4/c18-13-3-1-11(2-4-13)10-24-15-6-5-14(8-19-15)20-9-12(17(22)23)7-16(20)21/h1-6,8,12H,7,9-10H2,(H,22,23). The normalized spacial score (nSPS) is 17.1. The molecule has 3 rings (SSSR count). The second kappa shape index (κ2) is 6.66. The van der Waals surface area contributed by atoms with Crippen LogP contribution in [0.15, 0.2) is 42.6 Å². The number of hydrogen-bond acceptors (Lipinski definition) is 4. The lowest BCUT2D eigenvalue weighted by Crippen LogP contribution is -2.25. The zero-order chi connectivity index (χ0) is 17.1. The van der Waals surface area contributed by atoms with Crippen LogP contribution >= 0.6 is 0 Å². The summed E-state index contributed by atoms with van der Waals surface area (Å²) in [6.45, 7) is 0.391. The maximum atomic E-state index is 12.8. The Kier molecular flexibility index (Phi) is 4.41. The van der Waals surface area contributed by atoms with Crippen molar-refractivity contribution in [3.63, 3.8) is 0 Å². The second-order valence-corrected chi connectivity index (χ2v) is 5.51. The molecule has 6 nitrogen and oxygen atoms in total.